The van der Waals surface area contributed by atoms with Gasteiger partial charge < -0.3 is 0 Å². The maximum atomic E-state index is 0. The second-order valence-electron chi connectivity index (χ2n) is 0. The number of rotatable bonds is 0. The van der Waals surface area contributed by atoms with E-state index >= 15 is 0 Å². The molecule has 14 heavy (non-hydrogen) atoms. The normalized spacial score (nSPS) is 0. The summed E-state index contributed by atoms with van der Waals surface area (Å²) in [7, 11) is 0. The molecule has 0 aliphatic carbocycles. The zero-order chi connectivity index (χ0) is 0. The molecule has 106 valence electrons. The first-order chi connectivity index (χ1) is 0. The first-order valence-corrected chi connectivity index (χ1v) is 0. The Morgan fingerprint density at radius 1 is 0.214 bits per heavy atom. The number of halogens is 12. The standard InChI is InChI=1S/12FH.Pu.U/h12*1H;;. The van der Waals surface area contributed by atoms with Crippen LogP contribution in [-0.2, 0) is 0 Å². The molecule has 0 N–H and O–H groups in total. The molecule has 0 amide bonds. The maximum Gasteiger partial charge on any atom is 0 e. The molecule has 0 aromatic heterocycles. The van der Waals surface area contributed by atoms with Crippen LogP contribution in [0.3, 0.4) is 0 Å². The SMILES string of the molecule is F.F.F.F.F.F.F.F.F.F.F.F.[Pu].[U]. The van der Waals surface area contributed by atoms with Crippen molar-refractivity contribution in [1.29, 1.82) is 0 Å². The molecule has 0 fully saturated rings. The Morgan fingerprint density at radius 2 is 0.214 bits per heavy atom. The van der Waals surface area contributed by atoms with Gasteiger partial charge in [-0.2, -0.15) is 0 Å². The summed E-state index contributed by atoms with van der Waals surface area (Å²) in [5.41, 5.74) is 0. The van der Waals surface area contributed by atoms with Crippen LogP contribution >= 0.6 is 0 Å². The van der Waals surface area contributed by atoms with Crippen LogP contribution in [0.15, 0.2) is 0 Å². The van der Waals surface area contributed by atoms with E-state index in [9.17, 15) is 0 Å². The molecule has 0 aromatic carbocycles. The van der Waals surface area contributed by atoms with E-state index in [0.717, 1.165) is 0 Å². The van der Waals surface area contributed by atoms with Gasteiger partial charge >= 0.3 is 0 Å². The first-order valence-electron chi connectivity index (χ1n) is 0. The minimum absolute atomic E-state index is 0. The summed E-state index contributed by atoms with van der Waals surface area (Å²) >= 11 is 0. The van der Waals surface area contributed by atoms with E-state index in [1.165, 1.54) is 0 Å². The summed E-state index contributed by atoms with van der Waals surface area (Å²) in [5.74, 6) is 0. The molecule has 0 aromatic rings. The van der Waals surface area contributed by atoms with Crippen molar-refractivity contribution >= 4 is 0 Å². The van der Waals surface area contributed by atoms with Crippen molar-refractivity contribution in [2.45, 2.75) is 0 Å². The van der Waals surface area contributed by atoms with Gasteiger partial charge in [-0.05, 0) is 0 Å². The van der Waals surface area contributed by atoms with Crippen molar-refractivity contribution in [2.24, 2.45) is 0 Å². The van der Waals surface area contributed by atoms with Crippen LogP contribution in [0.5, 0.6) is 0 Å². The molecule has 0 bridgehead atoms. The summed E-state index contributed by atoms with van der Waals surface area (Å²) < 4.78 is 0. The monoisotopic (exact) mass is 716 g/mol. The first kappa shape index (κ1) is 2130. The second kappa shape index (κ2) is 1720. The summed E-state index contributed by atoms with van der Waals surface area (Å²) in [6, 6.07) is 0. The zero-order valence-corrected chi connectivity index (χ0v) is 13.4. The minimum atomic E-state index is 0. The van der Waals surface area contributed by atoms with E-state index in [2.05, 4.69) is 0 Å². The third kappa shape index (κ3) is 1370. The molecule has 0 radical (unpaired) electrons. The molecule has 0 atom stereocenters. The van der Waals surface area contributed by atoms with Gasteiger partial charge in [-0.15, -0.1) is 0 Å². The Hall–Kier alpha value is 1.20. The van der Waals surface area contributed by atoms with E-state index in [4.69, 9.17) is 0 Å². The van der Waals surface area contributed by atoms with Crippen LogP contribution in [0.4, 0.5) is 56.5 Å². The van der Waals surface area contributed by atoms with Crippen LogP contribution in [0.2, 0.25) is 0 Å². The zero-order valence-electron chi connectivity index (χ0n) is 5.81. The van der Waals surface area contributed by atoms with Gasteiger partial charge in [-0.25, -0.2) is 0 Å². The van der Waals surface area contributed by atoms with Crippen molar-refractivity contribution in [3.63, 3.8) is 0 Å². The van der Waals surface area contributed by atoms with Crippen molar-refractivity contribution in [1.82, 2.24) is 0 Å². The van der Waals surface area contributed by atoms with Crippen LogP contribution in [-0.4, -0.2) is 0 Å². The van der Waals surface area contributed by atoms with Gasteiger partial charge in [0.25, 0.3) is 0 Å². The molecule has 0 aliphatic heterocycles. The minimum Gasteiger partial charge on any atom is -0.269 e. The van der Waals surface area contributed by atoms with Crippen molar-refractivity contribution in [2.75, 3.05) is 0 Å². The molecule has 14 heteroatoms. The number of hydrogen-bond acceptors (Lipinski definition) is 0. The van der Waals surface area contributed by atoms with E-state index in [-0.39, 0.29) is 117 Å². The van der Waals surface area contributed by atoms with Crippen molar-refractivity contribution in [3.05, 3.63) is 0 Å². The summed E-state index contributed by atoms with van der Waals surface area (Å²) in [4.78, 5) is 0. The van der Waals surface area contributed by atoms with Crippen LogP contribution in [0, 0.1) is 60.3 Å². The summed E-state index contributed by atoms with van der Waals surface area (Å²) in [6.07, 6.45) is 0. The third-order valence-corrected chi connectivity index (χ3v) is 0. The molecule has 0 unspecified atom stereocenters. The third-order valence-electron chi connectivity index (χ3n) is 0. The van der Waals surface area contributed by atoms with Gasteiger partial charge in [-0.1, -0.05) is 0 Å². The molecule has 0 heterocycles. The largest absolute Gasteiger partial charge is 0.269 e. The Bertz CT molecular complexity index is 10.3. The van der Waals surface area contributed by atoms with Gasteiger partial charge in [0, 0.05) is 60.3 Å². The van der Waals surface area contributed by atoms with E-state index < -0.39 is 0 Å². The van der Waals surface area contributed by atoms with Gasteiger partial charge in [-0.3, -0.25) is 56.5 Å². The molecule has 0 spiro atoms. The molecular weight excluding hydrogens is 710 g/mol. The molecule has 0 nitrogen and oxygen atoms in total. The molecule has 0 saturated heterocycles. The quantitative estimate of drug-likeness (QED) is 0.336. The molecular formula is H12F12PuU. The Kier molecular flexibility index (Phi) is 262000. The Balaban J connectivity index is 0. The molecule has 0 aliphatic rings. The fourth-order valence-electron chi connectivity index (χ4n) is 0. The summed E-state index contributed by atoms with van der Waals surface area (Å²) in [6.45, 7) is 0. The Labute approximate surface area is 116 Å². The van der Waals surface area contributed by atoms with Gasteiger partial charge in [0.15, 0.2) is 0 Å². The fourth-order valence-corrected chi connectivity index (χ4v) is 0. The second-order valence-corrected chi connectivity index (χ2v) is 0. The maximum absolute atomic E-state index is 0. The average Bonchev–Trinajstić information content (AvgIpc) is 0. The predicted molar refractivity (Wildman–Crippen MR) is 30.0 cm³/mol. The van der Waals surface area contributed by atoms with E-state index in [1.54, 1.807) is 0 Å². The predicted octanol–water partition coefficient (Wildman–Crippen LogP) is 1.83. The Morgan fingerprint density at radius 3 is 0.214 bits per heavy atom. The smallest absolute Gasteiger partial charge is 0 e. The van der Waals surface area contributed by atoms with Gasteiger partial charge in [0.2, 0.25) is 0 Å². The van der Waals surface area contributed by atoms with Crippen LogP contribution in [0.1, 0.15) is 0 Å². The van der Waals surface area contributed by atoms with Gasteiger partial charge in [0.1, 0.15) is 0 Å². The van der Waals surface area contributed by atoms with Crippen LogP contribution < -0.4 is 0 Å². The van der Waals surface area contributed by atoms with Crippen LogP contribution in [0.25, 0.3) is 0 Å². The molecule has 0 rings (SSSR count). The van der Waals surface area contributed by atoms with Crippen molar-refractivity contribution < 1.29 is 117 Å². The topological polar surface area (TPSA) is 0 Å². The van der Waals surface area contributed by atoms with Crippen molar-refractivity contribution in [3.8, 4) is 0 Å². The van der Waals surface area contributed by atoms with E-state index in [1.807, 2.05) is 0 Å². The van der Waals surface area contributed by atoms with Gasteiger partial charge in [0.05, 0.1) is 0 Å². The molecule has 0 saturated carbocycles. The number of hydrogen-bond donors (Lipinski definition) is 0. The fraction of sp³-hybridized carbons (Fsp3) is 0. The average molecular weight is 722 g/mol. The van der Waals surface area contributed by atoms with E-state index in [0.29, 0.717) is 0 Å². The summed E-state index contributed by atoms with van der Waals surface area (Å²) in [5, 5.41) is 0.